The summed E-state index contributed by atoms with van der Waals surface area (Å²) in [6.07, 6.45) is 5.99. The van der Waals surface area contributed by atoms with Gasteiger partial charge in [0.05, 0.1) is 5.69 Å². The van der Waals surface area contributed by atoms with Crippen LogP contribution in [-0.2, 0) is 10.0 Å². The van der Waals surface area contributed by atoms with Crippen molar-refractivity contribution in [3.05, 3.63) is 34.5 Å². The summed E-state index contributed by atoms with van der Waals surface area (Å²) >= 11 is 7.30. The van der Waals surface area contributed by atoms with Crippen LogP contribution < -0.4 is 10.0 Å². The zero-order valence-corrected chi connectivity index (χ0v) is 17.8. The van der Waals surface area contributed by atoms with Crippen molar-refractivity contribution in [1.29, 1.82) is 0 Å². The first-order valence-corrected chi connectivity index (χ1v) is 12.0. The molecule has 152 valence electrons. The third-order valence-electron chi connectivity index (χ3n) is 5.81. The van der Waals surface area contributed by atoms with Crippen LogP contribution in [0.1, 0.15) is 32.6 Å². The fourth-order valence-electron chi connectivity index (χ4n) is 4.41. The van der Waals surface area contributed by atoms with Crippen LogP contribution in [0.2, 0.25) is 5.02 Å². The molecule has 0 bridgehead atoms. The lowest BCUT2D eigenvalue weighted by Crippen LogP contribution is -2.46. The molecule has 0 radical (unpaired) electrons. The maximum Gasteiger partial charge on any atom is 0.266 e. The first-order chi connectivity index (χ1) is 13.3. The topological polar surface area (TPSA) is 74.3 Å². The minimum atomic E-state index is -4.10. The Kier molecular flexibility index (Phi) is 5.28. The van der Waals surface area contributed by atoms with Gasteiger partial charge < -0.3 is 5.32 Å². The molecule has 2 saturated heterocycles. The summed E-state index contributed by atoms with van der Waals surface area (Å²) in [5, 5.41) is 4.85. The predicted molar refractivity (Wildman–Crippen MR) is 110 cm³/mol. The van der Waals surface area contributed by atoms with Crippen molar-refractivity contribution in [2.45, 2.75) is 49.1 Å². The van der Waals surface area contributed by atoms with Crippen LogP contribution in [0.3, 0.4) is 0 Å². The van der Waals surface area contributed by atoms with Crippen molar-refractivity contribution >= 4 is 43.8 Å². The van der Waals surface area contributed by atoms with Gasteiger partial charge in [0.2, 0.25) is 0 Å². The molecule has 2 N–H and O–H groups in total. The first-order valence-electron chi connectivity index (χ1n) is 9.23. The fraction of sp³-hybridized carbons (Fsp3) is 0.500. The van der Waals surface area contributed by atoms with E-state index in [1.165, 1.54) is 18.3 Å². The fourth-order valence-corrected chi connectivity index (χ4v) is 6.57. The Morgan fingerprint density at radius 3 is 3.00 bits per heavy atom. The molecule has 0 saturated carbocycles. The number of nitrogens with zero attached hydrogens (tertiary/aromatic N) is 2. The van der Waals surface area contributed by atoms with Crippen molar-refractivity contribution < 1.29 is 12.8 Å². The Morgan fingerprint density at radius 1 is 1.43 bits per heavy atom. The van der Waals surface area contributed by atoms with Gasteiger partial charge in [-0.1, -0.05) is 11.6 Å². The molecule has 2 atom stereocenters. The van der Waals surface area contributed by atoms with E-state index in [9.17, 15) is 12.8 Å². The number of nitrogens with one attached hydrogen (secondary N) is 2. The number of hydrogen-bond acceptors (Lipinski definition) is 6. The van der Waals surface area contributed by atoms with E-state index >= 15 is 0 Å². The molecule has 0 amide bonds. The van der Waals surface area contributed by atoms with Crippen molar-refractivity contribution in [1.82, 2.24) is 9.88 Å². The van der Waals surface area contributed by atoms with Gasteiger partial charge in [0.1, 0.15) is 9.92 Å². The minimum absolute atomic E-state index is 0.0797. The molecule has 2 unspecified atom stereocenters. The average molecular weight is 445 g/mol. The van der Waals surface area contributed by atoms with Gasteiger partial charge in [-0.05, 0) is 51.3 Å². The van der Waals surface area contributed by atoms with E-state index in [1.54, 1.807) is 5.38 Å². The number of halogens is 2. The number of sulfonamides is 1. The number of hydrogen-bond donors (Lipinski definition) is 2. The first kappa shape index (κ1) is 19.9. The Hall–Kier alpha value is -1.42. The average Bonchev–Trinajstić information content (AvgIpc) is 3.35. The number of fused-ring (bicyclic) bond motifs is 1. The zero-order chi connectivity index (χ0) is 19.9. The largest absolute Gasteiger partial charge is 0.382 e. The van der Waals surface area contributed by atoms with Crippen molar-refractivity contribution in [3.8, 4) is 0 Å². The van der Waals surface area contributed by atoms with Crippen molar-refractivity contribution in [2.75, 3.05) is 23.1 Å². The third kappa shape index (κ3) is 3.49. The normalized spacial score (nSPS) is 25.0. The summed E-state index contributed by atoms with van der Waals surface area (Å²) in [4.78, 5) is 5.90. The summed E-state index contributed by atoms with van der Waals surface area (Å²) in [5.74, 6) is -0.962. The number of benzene rings is 1. The molecule has 2 aliphatic heterocycles. The predicted octanol–water partition coefficient (Wildman–Crippen LogP) is 4.17. The van der Waals surface area contributed by atoms with Crippen LogP contribution in [-0.4, -0.2) is 43.0 Å². The summed E-state index contributed by atoms with van der Waals surface area (Å²) in [6.45, 7) is 4.00. The lowest BCUT2D eigenvalue weighted by Gasteiger charge is -2.34. The van der Waals surface area contributed by atoms with Gasteiger partial charge >= 0.3 is 0 Å². The van der Waals surface area contributed by atoms with E-state index in [4.69, 9.17) is 11.6 Å². The van der Waals surface area contributed by atoms with Gasteiger partial charge in [0.25, 0.3) is 10.0 Å². The van der Waals surface area contributed by atoms with Crippen molar-refractivity contribution in [3.63, 3.8) is 0 Å². The molecule has 2 aliphatic rings. The zero-order valence-electron chi connectivity index (χ0n) is 15.4. The van der Waals surface area contributed by atoms with Crippen LogP contribution in [0.25, 0.3) is 0 Å². The molecular formula is C18H22ClFN4O2S2. The molecule has 6 nitrogen and oxygen atoms in total. The maximum atomic E-state index is 14.8. The second-order valence-corrected chi connectivity index (χ2v) is 10.4. The standard InChI is InChI=1S/C18H22ClFN4O2S2/c1-12-5-7-18(6-2-9-24(12)18)11-22-13-3-4-14(16(20)15(13)19)28(25,26)23-17-21-8-10-27-17/h3-4,8,10,12,22H,2,5-7,9,11H2,1H3,(H,21,23). The van der Waals surface area contributed by atoms with Gasteiger partial charge in [0, 0.05) is 29.7 Å². The van der Waals surface area contributed by atoms with Crippen LogP contribution in [0.5, 0.6) is 0 Å². The van der Waals surface area contributed by atoms with E-state index in [1.807, 2.05) is 0 Å². The molecule has 2 aromatic rings. The number of rotatable bonds is 6. The Bertz CT molecular complexity index is 970. The summed E-state index contributed by atoms with van der Waals surface area (Å²) in [7, 11) is -4.10. The Labute approximate surface area is 173 Å². The van der Waals surface area contributed by atoms with Gasteiger partial charge in [-0.25, -0.2) is 17.8 Å². The molecule has 10 heteroatoms. The highest BCUT2D eigenvalue weighted by molar-refractivity contribution is 7.93. The molecular weight excluding hydrogens is 423 g/mol. The maximum absolute atomic E-state index is 14.8. The Morgan fingerprint density at radius 2 is 2.25 bits per heavy atom. The second kappa shape index (κ2) is 7.44. The smallest absolute Gasteiger partial charge is 0.266 e. The molecule has 0 spiro atoms. The quantitative estimate of drug-likeness (QED) is 0.699. The highest BCUT2D eigenvalue weighted by atomic mass is 35.5. The van der Waals surface area contributed by atoms with E-state index in [-0.39, 0.29) is 15.7 Å². The van der Waals surface area contributed by atoms with Crippen LogP contribution in [0.4, 0.5) is 15.2 Å². The van der Waals surface area contributed by atoms with E-state index in [0.717, 1.165) is 43.6 Å². The summed E-state index contributed by atoms with van der Waals surface area (Å²) < 4.78 is 42.0. The monoisotopic (exact) mass is 444 g/mol. The number of aromatic nitrogens is 1. The highest BCUT2D eigenvalue weighted by Gasteiger charge is 2.47. The van der Waals surface area contributed by atoms with Crippen LogP contribution in [0, 0.1) is 5.82 Å². The molecule has 4 rings (SSSR count). The molecule has 3 heterocycles. The molecule has 0 aliphatic carbocycles. The van der Waals surface area contributed by atoms with E-state index in [0.29, 0.717) is 18.3 Å². The van der Waals surface area contributed by atoms with E-state index < -0.39 is 20.7 Å². The van der Waals surface area contributed by atoms with E-state index in [2.05, 4.69) is 26.8 Å². The van der Waals surface area contributed by atoms with Gasteiger partial charge in [-0.2, -0.15) is 0 Å². The van der Waals surface area contributed by atoms with Crippen LogP contribution >= 0.6 is 22.9 Å². The lowest BCUT2D eigenvalue weighted by molar-refractivity contribution is 0.170. The molecule has 28 heavy (non-hydrogen) atoms. The number of thiazole rings is 1. The Balaban J connectivity index is 1.53. The van der Waals surface area contributed by atoms with Gasteiger partial charge in [-0.3, -0.25) is 9.62 Å². The SMILES string of the molecule is CC1CCC2(CNc3ccc(S(=O)(=O)Nc4nccs4)c(F)c3Cl)CCCN12. The van der Waals surface area contributed by atoms with Gasteiger partial charge in [-0.15, -0.1) is 11.3 Å². The lowest BCUT2D eigenvalue weighted by atomic mass is 9.94. The highest BCUT2D eigenvalue weighted by Crippen LogP contribution is 2.42. The van der Waals surface area contributed by atoms with Crippen LogP contribution in [0.15, 0.2) is 28.6 Å². The van der Waals surface area contributed by atoms with Gasteiger partial charge in [0.15, 0.2) is 10.9 Å². The second-order valence-electron chi connectivity index (χ2n) is 7.44. The summed E-state index contributed by atoms with van der Waals surface area (Å²) in [6, 6.07) is 3.32. The minimum Gasteiger partial charge on any atom is -0.382 e. The molecule has 2 fully saturated rings. The van der Waals surface area contributed by atoms with Crippen molar-refractivity contribution in [2.24, 2.45) is 0 Å². The molecule has 1 aromatic carbocycles. The third-order valence-corrected chi connectivity index (χ3v) is 8.35. The number of anilines is 2. The molecule has 1 aromatic heterocycles. The summed E-state index contributed by atoms with van der Waals surface area (Å²) in [5.41, 5.74) is 0.490.